The Labute approximate surface area is 209 Å². The summed E-state index contributed by atoms with van der Waals surface area (Å²) in [4.78, 5) is 26.3. The summed E-state index contributed by atoms with van der Waals surface area (Å²) in [6.07, 6.45) is 0.282. The Hall–Kier alpha value is -2.86. The number of primary amides is 1. The molecule has 0 unspecified atom stereocenters. The minimum Gasteiger partial charge on any atom is -0.366 e. The number of hydrogen-bond donors (Lipinski definition) is 1. The first-order chi connectivity index (χ1) is 16.6. The van der Waals surface area contributed by atoms with Gasteiger partial charge in [-0.2, -0.15) is 4.31 Å². The van der Waals surface area contributed by atoms with Gasteiger partial charge in [-0.3, -0.25) is 9.59 Å². The van der Waals surface area contributed by atoms with Crippen LogP contribution in [0.25, 0.3) is 0 Å². The minimum absolute atomic E-state index is 0.0320. The summed E-state index contributed by atoms with van der Waals surface area (Å²) >= 11 is 7.11. The molecule has 0 aliphatic carbocycles. The van der Waals surface area contributed by atoms with Gasteiger partial charge in [0.2, 0.25) is 5.91 Å². The molecule has 7 nitrogen and oxygen atoms in total. The topological polar surface area (TPSA) is 101 Å². The van der Waals surface area contributed by atoms with E-state index in [1.807, 2.05) is 0 Å². The molecule has 2 amide bonds. The van der Waals surface area contributed by atoms with Crippen molar-refractivity contribution >= 4 is 44.8 Å². The normalized spacial score (nSPS) is 14.8. The monoisotopic (exact) mass is 539 g/mol. The summed E-state index contributed by atoms with van der Waals surface area (Å²) in [5, 5.41) is 0.433. The van der Waals surface area contributed by atoms with E-state index in [1.54, 1.807) is 18.2 Å². The molecule has 1 aliphatic rings. The summed E-state index contributed by atoms with van der Waals surface area (Å²) < 4.78 is 54.8. The van der Waals surface area contributed by atoms with E-state index in [1.165, 1.54) is 21.3 Å². The number of benzene rings is 2. The number of nitrogens with two attached hydrogens (primary N) is 1. The van der Waals surface area contributed by atoms with Crippen LogP contribution < -0.4 is 5.73 Å². The molecule has 2 N–H and O–H groups in total. The molecular formula is C23H20ClF2N3O4S2. The van der Waals surface area contributed by atoms with Crippen LogP contribution >= 0.6 is 22.9 Å². The Morgan fingerprint density at radius 3 is 2.31 bits per heavy atom. The predicted molar refractivity (Wildman–Crippen MR) is 128 cm³/mol. The lowest BCUT2D eigenvalue weighted by molar-refractivity contribution is 0.0693. The number of piperazine rings is 1. The Morgan fingerprint density at radius 1 is 0.971 bits per heavy atom. The van der Waals surface area contributed by atoms with Crippen molar-refractivity contribution in [1.82, 2.24) is 9.21 Å². The Balaban J connectivity index is 1.45. The lowest BCUT2D eigenvalue weighted by atomic mass is 10.0. The number of amides is 2. The Morgan fingerprint density at radius 2 is 1.66 bits per heavy atom. The van der Waals surface area contributed by atoms with E-state index in [0.717, 1.165) is 23.5 Å². The van der Waals surface area contributed by atoms with Crippen LogP contribution in [0.15, 0.2) is 52.7 Å². The maximum Gasteiger partial charge on any atom is 0.256 e. The van der Waals surface area contributed by atoms with Crippen LogP contribution in [0.4, 0.5) is 8.78 Å². The quantitative estimate of drug-likeness (QED) is 0.518. The van der Waals surface area contributed by atoms with E-state index < -0.39 is 33.5 Å². The summed E-state index contributed by atoms with van der Waals surface area (Å²) in [5.41, 5.74) is 6.07. The number of carbonyl (C=O) groups excluding carboxylic acids is 2. The second-order valence-corrected chi connectivity index (χ2v) is 11.7. The third-order valence-electron chi connectivity index (χ3n) is 5.62. The first-order valence-corrected chi connectivity index (χ1v) is 13.1. The third-order valence-corrected chi connectivity index (χ3v) is 9.30. The zero-order valence-electron chi connectivity index (χ0n) is 18.2. The fourth-order valence-corrected chi connectivity index (χ4v) is 6.97. The second kappa shape index (κ2) is 10.0. The van der Waals surface area contributed by atoms with Crippen LogP contribution in [-0.2, 0) is 16.4 Å². The van der Waals surface area contributed by atoms with E-state index in [2.05, 4.69) is 0 Å². The molecular weight excluding hydrogens is 520 g/mol. The summed E-state index contributed by atoms with van der Waals surface area (Å²) in [6.45, 7) is 0.198. The molecule has 12 heteroatoms. The van der Waals surface area contributed by atoms with Gasteiger partial charge in [0, 0.05) is 54.1 Å². The SMILES string of the molecule is NC(=O)c1ccc(Cl)cc1Cc1ccc(S(=O)(=O)N2CCN(C(=O)c3ccc(F)cc3F)CC2)s1. The van der Waals surface area contributed by atoms with Crippen LogP contribution in [0.1, 0.15) is 31.2 Å². The average Bonchev–Trinajstić information content (AvgIpc) is 3.28. The van der Waals surface area contributed by atoms with Gasteiger partial charge in [-0.15, -0.1) is 11.3 Å². The van der Waals surface area contributed by atoms with E-state index in [9.17, 15) is 26.8 Å². The van der Waals surface area contributed by atoms with Crippen molar-refractivity contribution in [2.45, 2.75) is 10.6 Å². The molecule has 4 rings (SSSR count). The van der Waals surface area contributed by atoms with Gasteiger partial charge in [0.1, 0.15) is 15.8 Å². The summed E-state index contributed by atoms with van der Waals surface area (Å²) in [7, 11) is -3.82. The first kappa shape index (κ1) is 25.2. The molecule has 1 aromatic heterocycles. The number of rotatable bonds is 6. The maximum atomic E-state index is 14.0. The molecule has 0 bridgehead atoms. The number of hydrogen-bond acceptors (Lipinski definition) is 5. The standard InChI is InChI=1S/C23H20ClF2N3O4S2/c24-15-1-4-18(22(27)30)14(11-15)12-17-3-6-21(34-17)35(32,33)29-9-7-28(8-10-29)23(31)19-5-2-16(25)13-20(19)26/h1-6,11,13H,7-10,12H2,(H2,27,30). The van der Waals surface area contributed by atoms with Gasteiger partial charge in [0.25, 0.3) is 15.9 Å². The largest absolute Gasteiger partial charge is 0.366 e. The van der Waals surface area contributed by atoms with Gasteiger partial charge in [-0.25, -0.2) is 17.2 Å². The fourth-order valence-electron chi connectivity index (χ4n) is 3.82. The van der Waals surface area contributed by atoms with Crippen LogP contribution in [0.2, 0.25) is 5.02 Å². The molecule has 2 aromatic carbocycles. The zero-order chi connectivity index (χ0) is 25.3. The molecule has 0 spiro atoms. The highest BCUT2D eigenvalue weighted by Crippen LogP contribution is 2.29. The third kappa shape index (κ3) is 5.37. The van der Waals surface area contributed by atoms with E-state index in [-0.39, 0.29) is 42.4 Å². The van der Waals surface area contributed by atoms with Crippen molar-refractivity contribution in [1.29, 1.82) is 0 Å². The molecule has 35 heavy (non-hydrogen) atoms. The van der Waals surface area contributed by atoms with Gasteiger partial charge in [-0.05, 0) is 48.0 Å². The molecule has 3 aromatic rings. The average molecular weight is 540 g/mol. The molecule has 0 radical (unpaired) electrons. The minimum atomic E-state index is -3.82. The lowest BCUT2D eigenvalue weighted by Crippen LogP contribution is -2.50. The van der Waals surface area contributed by atoms with E-state index in [4.69, 9.17) is 17.3 Å². The van der Waals surface area contributed by atoms with Crippen molar-refractivity contribution in [2.75, 3.05) is 26.2 Å². The number of halogens is 3. The van der Waals surface area contributed by atoms with Crippen molar-refractivity contribution in [2.24, 2.45) is 5.73 Å². The van der Waals surface area contributed by atoms with Crippen LogP contribution in [-0.4, -0.2) is 55.6 Å². The second-order valence-electron chi connectivity index (χ2n) is 7.88. The number of sulfonamides is 1. The Bertz CT molecular complexity index is 1400. The van der Waals surface area contributed by atoms with Crippen molar-refractivity contribution in [3.63, 3.8) is 0 Å². The molecule has 1 saturated heterocycles. The smallest absolute Gasteiger partial charge is 0.256 e. The van der Waals surface area contributed by atoms with E-state index in [0.29, 0.717) is 27.1 Å². The number of carbonyl (C=O) groups is 2. The highest BCUT2D eigenvalue weighted by atomic mass is 35.5. The summed E-state index contributed by atoms with van der Waals surface area (Å²) in [6, 6.07) is 10.6. The lowest BCUT2D eigenvalue weighted by Gasteiger charge is -2.33. The number of thiophene rings is 1. The summed E-state index contributed by atoms with van der Waals surface area (Å²) in [5.74, 6) is -2.97. The number of nitrogens with zero attached hydrogens (tertiary/aromatic N) is 2. The van der Waals surface area contributed by atoms with Gasteiger partial charge in [-0.1, -0.05) is 11.6 Å². The predicted octanol–water partition coefficient (Wildman–Crippen LogP) is 3.52. The van der Waals surface area contributed by atoms with Crippen LogP contribution in [0.3, 0.4) is 0 Å². The van der Waals surface area contributed by atoms with Gasteiger partial charge in [0.15, 0.2) is 0 Å². The van der Waals surface area contributed by atoms with Gasteiger partial charge >= 0.3 is 0 Å². The van der Waals surface area contributed by atoms with Crippen molar-refractivity contribution in [3.8, 4) is 0 Å². The highest BCUT2D eigenvalue weighted by molar-refractivity contribution is 7.91. The maximum absolute atomic E-state index is 14.0. The first-order valence-electron chi connectivity index (χ1n) is 10.5. The molecule has 1 aliphatic heterocycles. The molecule has 0 atom stereocenters. The highest BCUT2D eigenvalue weighted by Gasteiger charge is 2.32. The molecule has 184 valence electrons. The van der Waals surface area contributed by atoms with Crippen molar-refractivity contribution < 1.29 is 26.8 Å². The van der Waals surface area contributed by atoms with E-state index >= 15 is 0 Å². The van der Waals surface area contributed by atoms with Gasteiger partial charge in [0.05, 0.1) is 5.56 Å². The molecule has 2 heterocycles. The molecule has 1 fully saturated rings. The van der Waals surface area contributed by atoms with Gasteiger partial charge < -0.3 is 10.6 Å². The Kier molecular flexibility index (Phi) is 7.22. The zero-order valence-corrected chi connectivity index (χ0v) is 20.6. The van der Waals surface area contributed by atoms with Crippen LogP contribution in [0.5, 0.6) is 0 Å². The van der Waals surface area contributed by atoms with Crippen LogP contribution in [0, 0.1) is 11.6 Å². The fraction of sp³-hybridized carbons (Fsp3) is 0.217. The molecule has 0 saturated carbocycles. The van der Waals surface area contributed by atoms with Crippen molar-refractivity contribution in [3.05, 3.63) is 86.8 Å².